The van der Waals surface area contributed by atoms with Crippen molar-refractivity contribution in [1.82, 2.24) is 0 Å². The van der Waals surface area contributed by atoms with Gasteiger partial charge in [-0.15, -0.1) is 0 Å². The van der Waals surface area contributed by atoms with Crippen LogP contribution in [0.15, 0.2) is 33.5 Å². The van der Waals surface area contributed by atoms with E-state index in [1.807, 2.05) is 0 Å². The predicted molar refractivity (Wildman–Crippen MR) is 52.9 cm³/mol. The topological polar surface area (TPSA) is 79.6 Å². The van der Waals surface area contributed by atoms with Crippen molar-refractivity contribution in [3.63, 3.8) is 0 Å². The Kier molecular flexibility index (Phi) is 2.78. The van der Waals surface area contributed by atoms with Gasteiger partial charge >= 0.3 is 5.63 Å². The summed E-state index contributed by atoms with van der Waals surface area (Å²) in [7, 11) is 0. The van der Waals surface area contributed by atoms with Crippen molar-refractivity contribution in [2.45, 2.75) is 0 Å². The molecular formula is C11H6FO5-. The maximum absolute atomic E-state index is 13.0. The number of carbonyl (C=O) groups excluding carboxylic acids is 1. The molecule has 0 bridgehead atoms. The second-order valence-electron chi connectivity index (χ2n) is 3.23. The van der Waals surface area contributed by atoms with Crippen LogP contribution in [0.2, 0.25) is 0 Å². The third kappa shape index (κ3) is 2.41. The second-order valence-corrected chi connectivity index (χ2v) is 3.23. The third-order valence-electron chi connectivity index (χ3n) is 2.01. The SMILES string of the molecule is O=C([O-])COc1cc(=O)oc2ccc(F)cc12. The average Bonchev–Trinajstić information content (AvgIpc) is 2.26. The fourth-order valence-electron chi connectivity index (χ4n) is 1.36. The standard InChI is InChI=1S/C11H7FO5/c12-6-1-2-8-7(3-6)9(4-11(15)17-8)16-5-10(13)14/h1-4H,5H2,(H,13,14)/p-1. The molecule has 1 heterocycles. The highest BCUT2D eigenvalue weighted by Gasteiger charge is 2.07. The number of carbonyl (C=O) groups is 1. The minimum atomic E-state index is -1.44. The van der Waals surface area contributed by atoms with Crippen LogP contribution < -0.4 is 15.5 Å². The van der Waals surface area contributed by atoms with Crippen LogP contribution in [0.3, 0.4) is 0 Å². The molecule has 0 aliphatic carbocycles. The number of halogens is 1. The number of aliphatic carboxylic acids is 1. The summed E-state index contributed by atoms with van der Waals surface area (Å²) < 4.78 is 22.6. The number of hydrogen-bond donors (Lipinski definition) is 0. The number of carboxylic acid groups (broad SMARTS) is 1. The second kappa shape index (κ2) is 4.25. The van der Waals surface area contributed by atoms with Gasteiger partial charge in [0, 0.05) is 0 Å². The first-order valence-electron chi connectivity index (χ1n) is 4.62. The number of fused-ring (bicyclic) bond motifs is 1. The molecule has 2 rings (SSSR count). The highest BCUT2D eigenvalue weighted by atomic mass is 19.1. The Balaban J connectivity index is 2.55. The van der Waals surface area contributed by atoms with Gasteiger partial charge in [0.25, 0.3) is 0 Å². The van der Waals surface area contributed by atoms with Gasteiger partial charge in [-0.05, 0) is 18.2 Å². The van der Waals surface area contributed by atoms with E-state index in [0.29, 0.717) is 0 Å². The van der Waals surface area contributed by atoms with Gasteiger partial charge in [-0.1, -0.05) is 0 Å². The first-order valence-corrected chi connectivity index (χ1v) is 4.62. The average molecular weight is 237 g/mol. The molecule has 0 saturated heterocycles. The van der Waals surface area contributed by atoms with Crippen molar-refractivity contribution in [3.8, 4) is 5.75 Å². The minimum absolute atomic E-state index is 0.0556. The molecule has 0 saturated carbocycles. The number of carboxylic acids is 1. The third-order valence-corrected chi connectivity index (χ3v) is 2.01. The van der Waals surface area contributed by atoms with Gasteiger partial charge in [-0.2, -0.15) is 0 Å². The van der Waals surface area contributed by atoms with E-state index in [0.717, 1.165) is 18.2 Å². The molecule has 1 aromatic heterocycles. The van der Waals surface area contributed by atoms with Crippen molar-refractivity contribution in [1.29, 1.82) is 0 Å². The molecule has 5 nitrogen and oxygen atoms in total. The Bertz CT molecular complexity index is 631. The lowest BCUT2D eigenvalue weighted by atomic mass is 10.2. The molecule has 0 fully saturated rings. The molecule has 0 unspecified atom stereocenters. The monoisotopic (exact) mass is 237 g/mol. The molecule has 2 aromatic rings. The van der Waals surface area contributed by atoms with E-state index in [-0.39, 0.29) is 16.7 Å². The molecule has 0 amide bonds. The fourth-order valence-corrected chi connectivity index (χ4v) is 1.36. The van der Waals surface area contributed by atoms with Crippen LogP contribution in [0, 0.1) is 5.82 Å². The van der Waals surface area contributed by atoms with E-state index in [1.54, 1.807) is 0 Å². The van der Waals surface area contributed by atoms with Crippen LogP contribution in [0.1, 0.15) is 0 Å². The quantitative estimate of drug-likeness (QED) is 0.705. The van der Waals surface area contributed by atoms with Crippen LogP contribution in [0.5, 0.6) is 5.75 Å². The van der Waals surface area contributed by atoms with Gasteiger partial charge in [0.1, 0.15) is 23.8 Å². The largest absolute Gasteiger partial charge is 0.546 e. The molecule has 0 atom stereocenters. The number of benzene rings is 1. The maximum atomic E-state index is 13.0. The lowest BCUT2D eigenvalue weighted by Crippen LogP contribution is -2.29. The summed E-state index contributed by atoms with van der Waals surface area (Å²) in [6, 6.07) is 4.42. The van der Waals surface area contributed by atoms with Gasteiger partial charge in [0.15, 0.2) is 0 Å². The first-order chi connectivity index (χ1) is 8.06. The highest BCUT2D eigenvalue weighted by Crippen LogP contribution is 2.24. The Morgan fingerprint density at radius 3 is 2.88 bits per heavy atom. The van der Waals surface area contributed by atoms with Gasteiger partial charge in [-0.3, -0.25) is 0 Å². The Morgan fingerprint density at radius 2 is 2.18 bits per heavy atom. The van der Waals surface area contributed by atoms with Gasteiger partial charge in [0.2, 0.25) is 0 Å². The first kappa shape index (κ1) is 11.1. The summed E-state index contributed by atoms with van der Waals surface area (Å²) in [5.74, 6) is -2.05. The van der Waals surface area contributed by atoms with E-state index in [1.165, 1.54) is 6.07 Å². The molecule has 88 valence electrons. The molecule has 0 N–H and O–H groups in total. The lowest BCUT2D eigenvalue weighted by molar-refractivity contribution is -0.307. The fraction of sp³-hybridized carbons (Fsp3) is 0.0909. The summed E-state index contributed by atoms with van der Waals surface area (Å²) >= 11 is 0. The molecule has 17 heavy (non-hydrogen) atoms. The van der Waals surface area contributed by atoms with Crippen molar-refractivity contribution in [2.24, 2.45) is 0 Å². The summed E-state index contributed by atoms with van der Waals surface area (Å²) in [6.07, 6.45) is 0. The molecule has 0 spiro atoms. The predicted octanol–water partition coefficient (Wildman–Crippen LogP) is 0.0608. The van der Waals surface area contributed by atoms with E-state index >= 15 is 0 Å². The van der Waals surface area contributed by atoms with Gasteiger partial charge in [0.05, 0.1) is 17.4 Å². The molecule has 0 aliphatic heterocycles. The number of hydrogen-bond acceptors (Lipinski definition) is 5. The van der Waals surface area contributed by atoms with Crippen LogP contribution in [0.4, 0.5) is 4.39 Å². The summed E-state index contributed by atoms with van der Waals surface area (Å²) in [6.45, 7) is -0.727. The van der Waals surface area contributed by atoms with Crippen molar-refractivity contribution in [2.75, 3.05) is 6.61 Å². The van der Waals surface area contributed by atoms with Crippen molar-refractivity contribution in [3.05, 3.63) is 40.5 Å². The molecule has 0 radical (unpaired) electrons. The molecule has 6 heteroatoms. The van der Waals surface area contributed by atoms with Crippen LogP contribution >= 0.6 is 0 Å². The zero-order valence-corrected chi connectivity index (χ0v) is 8.44. The molecule has 1 aromatic carbocycles. The zero-order chi connectivity index (χ0) is 12.4. The lowest BCUT2D eigenvalue weighted by Gasteiger charge is -2.08. The minimum Gasteiger partial charge on any atom is -0.546 e. The molecular weight excluding hydrogens is 231 g/mol. The van der Waals surface area contributed by atoms with Crippen molar-refractivity contribution < 1.29 is 23.4 Å². The van der Waals surface area contributed by atoms with Crippen LogP contribution in [0.25, 0.3) is 11.0 Å². The van der Waals surface area contributed by atoms with E-state index in [2.05, 4.69) is 0 Å². The number of rotatable bonds is 3. The van der Waals surface area contributed by atoms with Crippen molar-refractivity contribution >= 4 is 16.9 Å². The Labute approximate surface area is 94.0 Å². The van der Waals surface area contributed by atoms with Gasteiger partial charge < -0.3 is 19.1 Å². The maximum Gasteiger partial charge on any atom is 0.339 e. The summed E-state index contributed by atoms with van der Waals surface area (Å²) in [4.78, 5) is 21.4. The smallest absolute Gasteiger partial charge is 0.339 e. The van der Waals surface area contributed by atoms with E-state index in [4.69, 9.17) is 9.15 Å². The summed E-state index contributed by atoms with van der Waals surface area (Å²) in [5.41, 5.74) is -0.593. The molecule has 0 aliphatic rings. The van der Waals surface area contributed by atoms with Crippen LogP contribution in [-0.4, -0.2) is 12.6 Å². The van der Waals surface area contributed by atoms with Gasteiger partial charge in [-0.25, -0.2) is 9.18 Å². The normalized spacial score (nSPS) is 10.4. The Morgan fingerprint density at radius 1 is 1.41 bits per heavy atom. The van der Waals surface area contributed by atoms with E-state index < -0.39 is 24.0 Å². The van der Waals surface area contributed by atoms with E-state index in [9.17, 15) is 19.1 Å². The summed E-state index contributed by atoms with van der Waals surface area (Å²) in [5, 5.41) is 10.4. The number of ether oxygens (including phenoxy) is 1. The highest BCUT2D eigenvalue weighted by molar-refractivity contribution is 5.83. The van der Waals surface area contributed by atoms with Crippen LogP contribution in [-0.2, 0) is 4.79 Å². The Hall–Kier alpha value is -2.37. The zero-order valence-electron chi connectivity index (χ0n) is 8.44.